The Hall–Kier alpha value is -1.30. The lowest BCUT2D eigenvalue weighted by Crippen LogP contribution is -2.23. The Labute approximate surface area is 99.2 Å². The van der Waals surface area contributed by atoms with Gasteiger partial charge in [-0.15, -0.1) is 0 Å². The standard InChI is InChI=1S/C10H16N4OS/c1-5-6(2)12-10(13-7(5)3)16-8(4)9(11)14-15/h8,15H,1-4H3,(H2,11,14). The van der Waals surface area contributed by atoms with E-state index in [2.05, 4.69) is 15.1 Å². The van der Waals surface area contributed by atoms with Gasteiger partial charge in [0, 0.05) is 11.4 Å². The number of nitrogens with two attached hydrogens (primary N) is 1. The van der Waals surface area contributed by atoms with Crippen LogP contribution in [0.2, 0.25) is 0 Å². The first-order valence-electron chi connectivity index (χ1n) is 4.91. The normalized spacial score (nSPS) is 13.9. The van der Waals surface area contributed by atoms with Crippen molar-refractivity contribution in [3.05, 3.63) is 17.0 Å². The third kappa shape index (κ3) is 2.85. The first-order valence-corrected chi connectivity index (χ1v) is 5.79. The average Bonchev–Trinajstić information content (AvgIpc) is 2.24. The average molecular weight is 240 g/mol. The lowest BCUT2D eigenvalue weighted by atomic mass is 10.2. The second-order valence-corrected chi connectivity index (χ2v) is 4.89. The SMILES string of the molecule is Cc1nc(SC(C)C(N)=NO)nc(C)c1C. The summed E-state index contributed by atoms with van der Waals surface area (Å²) in [6, 6.07) is 0. The summed E-state index contributed by atoms with van der Waals surface area (Å²) in [6.07, 6.45) is 0. The zero-order valence-electron chi connectivity index (χ0n) is 9.85. The second-order valence-electron chi connectivity index (χ2n) is 3.59. The lowest BCUT2D eigenvalue weighted by Gasteiger charge is -2.10. The first kappa shape index (κ1) is 12.8. The van der Waals surface area contributed by atoms with Gasteiger partial charge < -0.3 is 10.9 Å². The Morgan fingerprint density at radius 2 is 1.81 bits per heavy atom. The second kappa shape index (κ2) is 5.16. The van der Waals surface area contributed by atoms with Crippen LogP contribution in [0.4, 0.5) is 0 Å². The Kier molecular flexibility index (Phi) is 4.12. The van der Waals surface area contributed by atoms with Gasteiger partial charge in [-0.05, 0) is 33.3 Å². The zero-order valence-corrected chi connectivity index (χ0v) is 10.7. The Balaban J connectivity index is 2.91. The molecule has 1 heterocycles. The fraction of sp³-hybridized carbons (Fsp3) is 0.500. The number of nitrogens with zero attached hydrogens (tertiary/aromatic N) is 3. The summed E-state index contributed by atoms with van der Waals surface area (Å²) >= 11 is 1.38. The van der Waals surface area contributed by atoms with Crippen LogP contribution in [0.1, 0.15) is 23.9 Å². The minimum atomic E-state index is -0.147. The summed E-state index contributed by atoms with van der Waals surface area (Å²) in [5, 5.41) is 12.0. The smallest absolute Gasteiger partial charge is 0.188 e. The quantitative estimate of drug-likeness (QED) is 0.209. The summed E-state index contributed by atoms with van der Waals surface area (Å²) < 4.78 is 0. The molecule has 3 N–H and O–H groups in total. The molecular formula is C10H16N4OS. The fourth-order valence-corrected chi connectivity index (χ4v) is 1.96. The molecule has 1 unspecified atom stereocenters. The van der Waals surface area contributed by atoms with E-state index in [9.17, 15) is 0 Å². The fourth-order valence-electron chi connectivity index (χ4n) is 1.09. The maximum atomic E-state index is 8.55. The molecule has 0 amide bonds. The summed E-state index contributed by atoms with van der Waals surface area (Å²) in [4.78, 5) is 8.70. The van der Waals surface area contributed by atoms with Crippen LogP contribution in [0, 0.1) is 20.8 Å². The molecule has 0 bridgehead atoms. The number of thioether (sulfide) groups is 1. The molecule has 1 aromatic heterocycles. The minimum absolute atomic E-state index is 0.147. The van der Waals surface area contributed by atoms with Crippen molar-refractivity contribution in [2.75, 3.05) is 0 Å². The van der Waals surface area contributed by atoms with Crippen LogP contribution in [0.25, 0.3) is 0 Å². The number of aromatic nitrogens is 2. The van der Waals surface area contributed by atoms with Crippen LogP contribution >= 0.6 is 11.8 Å². The summed E-state index contributed by atoms with van der Waals surface area (Å²) in [6.45, 7) is 7.73. The summed E-state index contributed by atoms with van der Waals surface area (Å²) in [5.41, 5.74) is 8.51. The molecule has 0 radical (unpaired) electrons. The van der Waals surface area contributed by atoms with Gasteiger partial charge in [0.15, 0.2) is 11.0 Å². The van der Waals surface area contributed by atoms with Gasteiger partial charge in [0.05, 0.1) is 5.25 Å². The highest BCUT2D eigenvalue weighted by Gasteiger charge is 2.13. The third-order valence-corrected chi connectivity index (χ3v) is 3.41. The van der Waals surface area contributed by atoms with Crippen molar-refractivity contribution in [3.63, 3.8) is 0 Å². The van der Waals surface area contributed by atoms with E-state index in [1.165, 1.54) is 11.8 Å². The Morgan fingerprint density at radius 3 is 2.25 bits per heavy atom. The maximum absolute atomic E-state index is 8.55. The molecule has 1 rings (SSSR count). The topological polar surface area (TPSA) is 84.4 Å². The van der Waals surface area contributed by atoms with Gasteiger partial charge in [0.25, 0.3) is 0 Å². The highest BCUT2D eigenvalue weighted by atomic mass is 32.2. The number of oxime groups is 1. The number of rotatable bonds is 3. The van der Waals surface area contributed by atoms with Gasteiger partial charge in [-0.2, -0.15) is 0 Å². The van der Waals surface area contributed by atoms with Crippen molar-refractivity contribution in [1.29, 1.82) is 0 Å². The Morgan fingerprint density at radius 1 is 1.31 bits per heavy atom. The molecule has 0 aliphatic carbocycles. The molecule has 16 heavy (non-hydrogen) atoms. The largest absolute Gasteiger partial charge is 0.409 e. The van der Waals surface area contributed by atoms with Gasteiger partial charge in [-0.3, -0.25) is 0 Å². The van der Waals surface area contributed by atoms with Crippen LogP contribution in [0.15, 0.2) is 10.3 Å². The molecule has 0 spiro atoms. The van der Waals surface area contributed by atoms with Crippen molar-refractivity contribution in [3.8, 4) is 0 Å². The van der Waals surface area contributed by atoms with E-state index in [1.807, 2.05) is 27.7 Å². The van der Waals surface area contributed by atoms with E-state index < -0.39 is 0 Å². The van der Waals surface area contributed by atoms with Crippen LogP contribution < -0.4 is 5.73 Å². The number of hydrogen-bond donors (Lipinski definition) is 2. The van der Waals surface area contributed by atoms with Gasteiger partial charge in [-0.1, -0.05) is 16.9 Å². The van der Waals surface area contributed by atoms with Gasteiger partial charge >= 0.3 is 0 Å². The van der Waals surface area contributed by atoms with Crippen molar-refractivity contribution in [2.45, 2.75) is 38.1 Å². The summed E-state index contributed by atoms with van der Waals surface area (Å²) in [5.74, 6) is 0.171. The van der Waals surface area contributed by atoms with E-state index in [1.54, 1.807) is 0 Å². The van der Waals surface area contributed by atoms with E-state index in [0.29, 0.717) is 5.16 Å². The number of aryl methyl sites for hydroxylation is 2. The van der Waals surface area contributed by atoms with Crippen LogP contribution in [0.5, 0.6) is 0 Å². The van der Waals surface area contributed by atoms with Crippen LogP contribution in [0.3, 0.4) is 0 Å². The maximum Gasteiger partial charge on any atom is 0.188 e. The number of amidine groups is 1. The predicted octanol–water partition coefficient (Wildman–Crippen LogP) is 1.63. The lowest BCUT2D eigenvalue weighted by molar-refractivity contribution is 0.317. The van der Waals surface area contributed by atoms with E-state index in [-0.39, 0.29) is 11.1 Å². The molecule has 1 atom stereocenters. The molecule has 0 fully saturated rings. The number of hydrogen-bond acceptors (Lipinski definition) is 5. The van der Waals surface area contributed by atoms with E-state index in [4.69, 9.17) is 10.9 Å². The molecule has 5 nitrogen and oxygen atoms in total. The molecule has 0 aromatic carbocycles. The van der Waals surface area contributed by atoms with Crippen molar-refractivity contribution >= 4 is 17.6 Å². The van der Waals surface area contributed by atoms with Gasteiger partial charge in [-0.25, -0.2) is 9.97 Å². The van der Waals surface area contributed by atoms with Crippen molar-refractivity contribution in [1.82, 2.24) is 9.97 Å². The van der Waals surface area contributed by atoms with Crippen molar-refractivity contribution in [2.24, 2.45) is 10.9 Å². The highest BCUT2D eigenvalue weighted by molar-refractivity contribution is 8.00. The van der Waals surface area contributed by atoms with Crippen LogP contribution in [-0.2, 0) is 0 Å². The van der Waals surface area contributed by atoms with E-state index in [0.717, 1.165) is 17.0 Å². The molecular weight excluding hydrogens is 224 g/mol. The van der Waals surface area contributed by atoms with Crippen molar-refractivity contribution < 1.29 is 5.21 Å². The molecule has 1 aromatic rings. The predicted molar refractivity (Wildman–Crippen MR) is 65.0 cm³/mol. The van der Waals surface area contributed by atoms with E-state index >= 15 is 0 Å². The molecule has 0 aliphatic heterocycles. The highest BCUT2D eigenvalue weighted by Crippen LogP contribution is 2.21. The zero-order chi connectivity index (χ0) is 12.3. The third-order valence-electron chi connectivity index (χ3n) is 2.43. The monoisotopic (exact) mass is 240 g/mol. The molecule has 0 saturated heterocycles. The summed E-state index contributed by atoms with van der Waals surface area (Å²) in [7, 11) is 0. The molecule has 0 aliphatic rings. The van der Waals surface area contributed by atoms with Crippen LogP contribution in [-0.4, -0.2) is 26.3 Å². The first-order chi connectivity index (χ1) is 7.45. The molecule has 88 valence electrons. The molecule has 0 saturated carbocycles. The van der Waals surface area contributed by atoms with Gasteiger partial charge in [0.1, 0.15) is 0 Å². The minimum Gasteiger partial charge on any atom is -0.409 e. The molecule has 6 heteroatoms. The van der Waals surface area contributed by atoms with Gasteiger partial charge in [0.2, 0.25) is 0 Å². The Bertz CT molecular complexity index is 396.